The molecule has 2 amide bonds. The molecule has 152 valence electrons. The number of nitrogens with one attached hydrogen (secondary N) is 2. The highest BCUT2D eigenvalue weighted by atomic mass is 32.2. The number of likely N-dealkylation sites (N-methyl/N-ethyl adjacent to an activating group) is 1. The van der Waals surface area contributed by atoms with E-state index in [4.69, 9.17) is 4.52 Å². The molecular weight excluding hydrogens is 383 g/mol. The molecule has 0 fully saturated rings. The Kier molecular flexibility index (Phi) is 8.01. The Labute approximate surface area is 168 Å². The van der Waals surface area contributed by atoms with Crippen molar-refractivity contribution in [1.29, 1.82) is 0 Å². The Morgan fingerprint density at radius 1 is 1.32 bits per heavy atom. The number of hydrogen-bond donors (Lipinski definition) is 2. The van der Waals surface area contributed by atoms with E-state index in [1.807, 2.05) is 25.1 Å². The fourth-order valence-electron chi connectivity index (χ4n) is 2.50. The second-order valence-corrected chi connectivity index (χ2v) is 7.93. The van der Waals surface area contributed by atoms with Crippen molar-refractivity contribution < 1.29 is 18.5 Å². The van der Waals surface area contributed by atoms with E-state index in [9.17, 15) is 14.0 Å². The Morgan fingerprint density at radius 3 is 2.68 bits per heavy atom. The molecule has 0 aliphatic heterocycles. The molecule has 2 unspecified atom stereocenters. The summed E-state index contributed by atoms with van der Waals surface area (Å²) in [5.74, 6) is 0.332. The summed E-state index contributed by atoms with van der Waals surface area (Å²) in [6, 6.07) is 7.79. The van der Waals surface area contributed by atoms with Crippen LogP contribution in [0.5, 0.6) is 0 Å². The SMILES string of the molecule is Cc1cc(NC(=O)C(C)SCC(=O)NCC(c2cccc(F)c2)N(C)C)no1. The predicted octanol–water partition coefficient (Wildman–Crippen LogP) is 2.60. The van der Waals surface area contributed by atoms with Crippen LogP contribution in [0.1, 0.15) is 24.3 Å². The van der Waals surface area contributed by atoms with Crippen molar-refractivity contribution >= 4 is 29.4 Å². The second-order valence-electron chi connectivity index (χ2n) is 6.60. The first-order valence-corrected chi connectivity index (χ1v) is 9.85. The summed E-state index contributed by atoms with van der Waals surface area (Å²) in [6.07, 6.45) is 0. The highest BCUT2D eigenvalue weighted by molar-refractivity contribution is 8.01. The molecule has 7 nitrogen and oxygen atoms in total. The summed E-state index contributed by atoms with van der Waals surface area (Å²) >= 11 is 1.22. The Bertz CT molecular complexity index is 812. The highest BCUT2D eigenvalue weighted by Gasteiger charge is 2.19. The van der Waals surface area contributed by atoms with Gasteiger partial charge in [-0.2, -0.15) is 0 Å². The average Bonchev–Trinajstić information content (AvgIpc) is 3.04. The molecule has 28 heavy (non-hydrogen) atoms. The molecule has 9 heteroatoms. The van der Waals surface area contributed by atoms with E-state index in [2.05, 4.69) is 15.8 Å². The number of anilines is 1. The molecule has 0 saturated heterocycles. The quantitative estimate of drug-likeness (QED) is 0.663. The van der Waals surface area contributed by atoms with E-state index in [0.717, 1.165) is 5.56 Å². The molecule has 0 bridgehead atoms. The zero-order valence-corrected chi connectivity index (χ0v) is 17.2. The van der Waals surface area contributed by atoms with Gasteiger partial charge in [0.25, 0.3) is 0 Å². The van der Waals surface area contributed by atoms with Gasteiger partial charge < -0.3 is 20.1 Å². The van der Waals surface area contributed by atoms with Gasteiger partial charge in [-0.25, -0.2) is 4.39 Å². The molecule has 2 aromatic rings. The predicted molar refractivity (Wildman–Crippen MR) is 108 cm³/mol. The van der Waals surface area contributed by atoms with Crippen molar-refractivity contribution in [2.75, 3.05) is 31.7 Å². The molecular formula is C19H25FN4O3S. The number of carbonyl (C=O) groups excluding carboxylic acids is 2. The Hall–Kier alpha value is -2.39. The average molecular weight is 408 g/mol. The van der Waals surface area contributed by atoms with Crippen LogP contribution in [-0.2, 0) is 9.59 Å². The topological polar surface area (TPSA) is 87.5 Å². The number of amides is 2. The van der Waals surface area contributed by atoms with Crippen LogP contribution in [0.3, 0.4) is 0 Å². The van der Waals surface area contributed by atoms with Crippen molar-refractivity contribution in [3.05, 3.63) is 47.5 Å². The van der Waals surface area contributed by atoms with Crippen molar-refractivity contribution in [1.82, 2.24) is 15.4 Å². The van der Waals surface area contributed by atoms with E-state index >= 15 is 0 Å². The first kappa shape index (κ1) is 21.9. The highest BCUT2D eigenvalue weighted by Crippen LogP contribution is 2.19. The first-order chi connectivity index (χ1) is 13.3. The third-order valence-electron chi connectivity index (χ3n) is 4.06. The van der Waals surface area contributed by atoms with Gasteiger partial charge >= 0.3 is 0 Å². The summed E-state index contributed by atoms with van der Waals surface area (Å²) in [7, 11) is 3.74. The minimum atomic E-state index is -0.435. The molecule has 1 aromatic carbocycles. The number of nitrogens with zero attached hydrogens (tertiary/aromatic N) is 2. The fourth-order valence-corrected chi connectivity index (χ4v) is 3.22. The van der Waals surface area contributed by atoms with Crippen LogP contribution >= 0.6 is 11.8 Å². The summed E-state index contributed by atoms with van der Waals surface area (Å²) in [5, 5.41) is 8.76. The third-order valence-corrected chi connectivity index (χ3v) is 5.21. The number of benzene rings is 1. The van der Waals surface area contributed by atoms with Crippen molar-refractivity contribution in [3.63, 3.8) is 0 Å². The van der Waals surface area contributed by atoms with E-state index in [1.165, 1.54) is 23.9 Å². The molecule has 2 N–H and O–H groups in total. The lowest BCUT2D eigenvalue weighted by Crippen LogP contribution is -2.36. The van der Waals surface area contributed by atoms with Crippen LogP contribution in [0.2, 0.25) is 0 Å². The summed E-state index contributed by atoms with van der Waals surface area (Å²) in [6.45, 7) is 3.79. The maximum absolute atomic E-state index is 13.5. The van der Waals surface area contributed by atoms with Gasteiger partial charge in [0.2, 0.25) is 11.8 Å². The lowest BCUT2D eigenvalue weighted by molar-refractivity contribution is -0.118. The van der Waals surface area contributed by atoms with Crippen LogP contribution in [0.25, 0.3) is 0 Å². The molecule has 1 heterocycles. The largest absolute Gasteiger partial charge is 0.360 e. The molecule has 1 aromatic heterocycles. The number of rotatable bonds is 9. The van der Waals surface area contributed by atoms with E-state index in [0.29, 0.717) is 18.1 Å². The van der Waals surface area contributed by atoms with Crippen LogP contribution < -0.4 is 10.6 Å². The van der Waals surface area contributed by atoms with Gasteiger partial charge in [-0.1, -0.05) is 17.3 Å². The number of carbonyl (C=O) groups is 2. The number of thioether (sulfide) groups is 1. The van der Waals surface area contributed by atoms with Gasteiger partial charge in [-0.05, 0) is 45.6 Å². The zero-order chi connectivity index (χ0) is 20.7. The van der Waals surface area contributed by atoms with Crippen molar-refractivity contribution in [2.45, 2.75) is 25.1 Å². The molecule has 0 radical (unpaired) electrons. The van der Waals surface area contributed by atoms with E-state index in [-0.39, 0.29) is 29.4 Å². The number of aryl methyl sites for hydroxylation is 1. The van der Waals surface area contributed by atoms with Gasteiger partial charge in [0.1, 0.15) is 11.6 Å². The monoisotopic (exact) mass is 408 g/mol. The normalized spacial score (nSPS) is 13.2. The third kappa shape index (κ3) is 6.65. The Morgan fingerprint density at radius 2 is 2.07 bits per heavy atom. The smallest absolute Gasteiger partial charge is 0.238 e. The van der Waals surface area contributed by atoms with Gasteiger partial charge in [0.15, 0.2) is 5.82 Å². The fraction of sp³-hybridized carbons (Fsp3) is 0.421. The van der Waals surface area contributed by atoms with Crippen LogP contribution in [0, 0.1) is 12.7 Å². The summed E-state index contributed by atoms with van der Waals surface area (Å²) < 4.78 is 18.4. The summed E-state index contributed by atoms with van der Waals surface area (Å²) in [5.41, 5.74) is 0.786. The van der Waals surface area contributed by atoms with Crippen LogP contribution in [0.4, 0.5) is 10.2 Å². The Balaban J connectivity index is 1.79. The van der Waals surface area contributed by atoms with Crippen molar-refractivity contribution in [2.24, 2.45) is 0 Å². The summed E-state index contributed by atoms with van der Waals surface area (Å²) in [4.78, 5) is 26.2. The molecule has 0 aliphatic carbocycles. The standard InChI is InChI=1S/C19H25FN4O3S/c1-12-8-17(23-27-12)22-19(26)13(2)28-11-18(25)21-10-16(24(3)4)14-6-5-7-15(20)9-14/h5-9,13,16H,10-11H2,1-4H3,(H,21,25)(H,22,23,26). The second kappa shape index (κ2) is 10.2. The van der Waals surface area contributed by atoms with Gasteiger partial charge in [-0.3, -0.25) is 9.59 Å². The van der Waals surface area contributed by atoms with Gasteiger partial charge in [0, 0.05) is 12.6 Å². The maximum Gasteiger partial charge on any atom is 0.238 e. The lowest BCUT2D eigenvalue weighted by Gasteiger charge is -2.25. The molecule has 2 atom stereocenters. The molecule has 0 aliphatic rings. The number of aromatic nitrogens is 1. The maximum atomic E-state index is 13.5. The van der Waals surface area contributed by atoms with E-state index < -0.39 is 5.25 Å². The number of halogens is 1. The van der Waals surface area contributed by atoms with Crippen LogP contribution in [0.15, 0.2) is 34.9 Å². The minimum Gasteiger partial charge on any atom is -0.360 e. The number of hydrogen-bond acceptors (Lipinski definition) is 6. The van der Waals surface area contributed by atoms with E-state index in [1.54, 1.807) is 26.0 Å². The lowest BCUT2D eigenvalue weighted by atomic mass is 10.1. The minimum absolute atomic E-state index is 0.135. The molecule has 2 rings (SSSR count). The first-order valence-electron chi connectivity index (χ1n) is 8.80. The zero-order valence-electron chi connectivity index (χ0n) is 16.4. The molecule has 0 spiro atoms. The van der Waals surface area contributed by atoms with Crippen LogP contribution in [-0.4, -0.2) is 53.5 Å². The van der Waals surface area contributed by atoms with Crippen molar-refractivity contribution in [3.8, 4) is 0 Å². The molecule has 0 saturated carbocycles. The van der Waals surface area contributed by atoms with Gasteiger partial charge in [0.05, 0.1) is 17.0 Å². The van der Waals surface area contributed by atoms with Gasteiger partial charge in [-0.15, -0.1) is 11.8 Å².